The minimum atomic E-state index is -0.527. The molecule has 0 spiro atoms. The van der Waals surface area contributed by atoms with Crippen molar-refractivity contribution in [3.8, 4) is 0 Å². The van der Waals surface area contributed by atoms with Crippen molar-refractivity contribution < 1.29 is 9.53 Å². The fourth-order valence-electron chi connectivity index (χ4n) is 3.07. The van der Waals surface area contributed by atoms with Gasteiger partial charge in [0.1, 0.15) is 17.3 Å². The van der Waals surface area contributed by atoms with E-state index in [4.69, 9.17) is 16.3 Å². The summed E-state index contributed by atoms with van der Waals surface area (Å²) in [6.45, 7) is -0.0839. The summed E-state index contributed by atoms with van der Waals surface area (Å²) in [4.78, 5) is 33.4. The Hall–Kier alpha value is -2.44. The number of hydrogen-bond donors (Lipinski definition) is 1. The lowest BCUT2D eigenvalue weighted by Crippen LogP contribution is -2.13. The topological polar surface area (TPSA) is 72.0 Å². The van der Waals surface area contributed by atoms with Gasteiger partial charge in [0.15, 0.2) is 0 Å². The van der Waals surface area contributed by atoms with E-state index in [9.17, 15) is 9.59 Å². The van der Waals surface area contributed by atoms with Crippen molar-refractivity contribution in [2.45, 2.75) is 25.9 Å². The zero-order valence-electron chi connectivity index (χ0n) is 13.8. The van der Waals surface area contributed by atoms with Gasteiger partial charge in [-0.1, -0.05) is 29.8 Å². The van der Waals surface area contributed by atoms with Crippen molar-refractivity contribution in [1.82, 2.24) is 9.97 Å². The zero-order chi connectivity index (χ0) is 18.1. The Labute approximate surface area is 158 Å². The number of hydrogen-bond acceptors (Lipinski definition) is 5. The third-order valence-electron chi connectivity index (χ3n) is 4.28. The molecule has 3 aromatic rings. The molecule has 0 radical (unpaired) electrons. The van der Waals surface area contributed by atoms with Crippen LogP contribution in [0.5, 0.6) is 0 Å². The lowest BCUT2D eigenvalue weighted by Gasteiger charge is -2.02. The van der Waals surface area contributed by atoms with E-state index in [1.165, 1.54) is 11.0 Å². The highest BCUT2D eigenvalue weighted by molar-refractivity contribution is 7.18. The van der Waals surface area contributed by atoms with E-state index in [1.807, 2.05) is 12.1 Å². The molecule has 26 heavy (non-hydrogen) atoms. The highest BCUT2D eigenvalue weighted by Crippen LogP contribution is 2.34. The Balaban J connectivity index is 1.47. The van der Waals surface area contributed by atoms with Gasteiger partial charge in [-0.25, -0.2) is 9.78 Å². The number of H-pyrrole nitrogens is 1. The largest absolute Gasteiger partial charge is 0.454 e. The molecule has 5 nitrogen and oxygen atoms in total. The summed E-state index contributed by atoms with van der Waals surface area (Å²) in [5, 5.41) is 1.25. The summed E-state index contributed by atoms with van der Waals surface area (Å²) >= 11 is 7.59. The molecular weight excluding hydrogens is 372 g/mol. The Morgan fingerprint density at radius 1 is 1.35 bits per heavy atom. The lowest BCUT2D eigenvalue weighted by molar-refractivity contribution is -0.139. The van der Waals surface area contributed by atoms with Gasteiger partial charge in [-0.15, -0.1) is 11.3 Å². The quantitative estimate of drug-likeness (QED) is 0.545. The van der Waals surface area contributed by atoms with Crippen molar-refractivity contribution >= 4 is 45.2 Å². The normalized spacial score (nSPS) is 13.4. The molecule has 1 aromatic carbocycles. The van der Waals surface area contributed by atoms with Crippen LogP contribution in [0.1, 0.15) is 28.2 Å². The maximum absolute atomic E-state index is 12.4. The molecule has 0 amide bonds. The molecule has 4 rings (SSSR count). The fraction of sp³-hybridized carbons (Fsp3) is 0.211. The minimum absolute atomic E-state index is 0.0839. The number of carbonyl (C=O) groups excluding carboxylic acids is 1. The molecule has 132 valence electrons. The summed E-state index contributed by atoms with van der Waals surface area (Å²) in [6, 6.07) is 7.19. The number of benzene rings is 1. The van der Waals surface area contributed by atoms with E-state index in [-0.39, 0.29) is 12.2 Å². The SMILES string of the molecule is O=C(/C=C/c1ccccc1Cl)OCc1nc2sc3c(c2c(=O)[nH]1)CCC3. The highest BCUT2D eigenvalue weighted by atomic mass is 35.5. The second-order valence-corrected chi connectivity index (χ2v) is 7.50. The van der Waals surface area contributed by atoms with Crippen molar-refractivity contribution in [2.24, 2.45) is 0 Å². The molecule has 0 saturated carbocycles. The van der Waals surface area contributed by atoms with Crippen molar-refractivity contribution in [2.75, 3.05) is 0 Å². The van der Waals surface area contributed by atoms with Crippen LogP contribution in [0.3, 0.4) is 0 Å². The number of thiophene rings is 1. The molecule has 0 atom stereocenters. The Morgan fingerprint density at radius 3 is 3.04 bits per heavy atom. The molecule has 0 fully saturated rings. The maximum atomic E-state index is 12.4. The minimum Gasteiger partial charge on any atom is -0.454 e. The van der Waals surface area contributed by atoms with Crippen LogP contribution in [0.4, 0.5) is 0 Å². The summed E-state index contributed by atoms with van der Waals surface area (Å²) in [5.74, 6) is -0.178. The van der Waals surface area contributed by atoms with E-state index in [2.05, 4.69) is 9.97 Å². The predicted octanol–water partition coefficient (Wildman–Crippen LogP) is 3.88. The fourth-order valence-corrected chi connectivity index (χ4v) is 4.55. The van der Waals surface area contributed by atoms with Crippen LogP contribution in [0.25, 0.3) is 16.3 Å². The molecule has 1 aliphatic rings. The van der Waals surface area contributed by atoms with Crippen LogP contribution in [-0.2, 0) is 29.0 Å². The van der Waals surface area contributed by atoms with Crippen LogP contribution in [-0.4, -0.2) is 15.9 Å². The second kappa shape index (κ2) is 7.05. The lowest BCUT2D eigenvalue weighted by atomic mass is 10.2. The van der Waals surface area contributed by atoms with E-state index in [1.54, 1.807) is 29.5 Å². The first-order chi connectivity index (χ1) is 12.6. The van der Waals surface area contributed by atoms with E-state index in [0.29, 0.717) is 16.2 Å². The molecule has 0 bridgehead atoms. The smallest absolute Gasteiger partial charge is 0.331 e. The Bertz CT molecular complexity index is 1080. The molecule has 1 aliphatic carbocycles. The molecule has 2 aromatic heterocycles. The Morgan fingerprint density at radius 2 is 2.19 bits per heavy atom. The van der Waals surface area contributed by atoms with E-state index < -0.39 is 5.97 Å². The summed E-state index contributed by atoms with van der Waals surface area (Å²) in [7, 11) is 0. The standard InChI is InChI=1S/C19H15ClN2O3S/c20-13-6-2-1-4-11(13)8-9-16(23)25-10-15-21-18(24)17-12-5-3-7-14(12)26-19(17)22-15/h1-2,4,6,8-9H,3,5,7,10H2,(H,21,22,24)/b9-8+. The van der Waals surface area contributed by atoms with Gasteiger partial charge in [0.2, 0.25) is 0 Å². The highest BCUT2D eigenvalue weighted by Gasteiger charge is 2.21. The average molecular weight is 387 g/mol. The first-order valence-electron chi connectivity index (χ1n) is 8.24. The number of nitrogens with zero attached hydrogens (tertiary/aromatic N) is 1. The van der Waals surface area contributed by atoms with Crippen molar-refractivity contribution in [3.05, 3.63) is 67.5 Å². The van der Waals surface area contributed by atoms with Crippen LogP contribution in [0.2, 0.25) is 5.02 Å². The van der Waals surface area contributed by atoms with Gasteiger partial charge in [-0.3, -0.25) is 4.79 Å². The first-order valence-corrected chi connectivity index (χ1v) is 9.44. The molecular formula is C19H15ClN2O3S. The number of rotatable bonds is 4. The number of fused-ring (bicyclic) bond motifs is 3. The number of carbonyl (C=O) groups is 1. The van der Waals surface area contributed by atoms with Crippen LogP contribution < -0.4 is 5.56 Å². The average Bonchev–Trinajstić information content (AvgIpc) is 3.19. The summed E-state index contributed by atoms with van der Waals surface area (Å²) < 4.78 is 5.17. The van der Waals surface area contributed by atoms with Gasteiger partial charge in [0.05, 0.1) is 5.39 Å². The van der Waals surface area contributed by atoms with Gasteiger partial charge < -0.3 is 9.72 Å². The van der Waals surface area contributed by atoms with Gasteiger partial charge in [0.25, 0.3) is 5.56 Å². The van der Waals surface area contributed by atoms with Gasteiger partial charge >= 0.3 is 5.97 Å². The number of aryl methyl sites for hydroxylation is 2. The number of halogens is 1. The third-order valence-corrected chi connectivity index (χ3v) is 5.81. The number of aromatic amines is 1. The molecule has 0 saturated heterocycles. The number of ether oxygens (including phenoxy) is 1. The second-order valence-electron chi connectivity index (χ2n) is 6.01. The maximum Gasteiger partial charge on any atom is 0.331 e. The van der Waals surface area contributed by atoms with E-state index in [0.717, 1.165) is 35.2 Å². The molecule has 7 heteroatoms. The van der Waals surface area contributed by atoms with Crippen LogP contribution >= 0.6 is 22.9 Å². The predicted molar refractivity (Wildman–Crippen MR) is 103 cm³/mol. The molecule has 1 N–H and O–H groups in total. The Kier molecular flexibility index (Phi) is 4.61. The van der Waals surface area contributed by atoms with Crippen LogP contribution in [0, 0.1) is 0 Å². The number of nitrogens with one attached hydrogen (secondary N) is 1. The molecule has 2 heterocycles. The monoisotopic (exact) mass is 386 g/mol. The van der Waals surface area contributed by atoms with Gasteiger partial charge in [0, 0.05) is 16.0 Å². The first kappa shape index (κ1) is 17.0. The van der Waals surface area contributed by atoms with Crippen LogP contribution in [0.15, 0.2) is 35.1 Å². The van der Waals surface area contributed by atoms with Crippen molar-refractivity contribution in [1.29, 1.82) is 0 Å². The number of esters is 1. The van der Waals surface area contributed by atoms with Crippen molar-refractivity contribution in [3.63, 3.8) is 0 Å². The van der Waals surface area contributed by atoms with Gasteiger partial charge in [-0.05, 0) is 42.5 Å². The van der Waals surface area contributed by atoms with E-state index >= 15 is 0 Å². The molecule has 0 aliphatic heterocycles. The number of aromatic nitrogens is 2. The summed E-state index contributed by atoms with van der Waals surface area (Å²) in [5.41, 5.74) is 1.70. The zero-order valence-corrected chi connectivity index (χ0v) is 15.3. The third kappa shape index (κ3) is 3.30. The van der Waals surface area contributed by atoms with Gasteiger partial charge in [-0.2, -0.15) is 0 Å². The summed E-state index contributed by atoms with van der Waals surface area (Å²) in [6.07, 6.45) is 5.92. The molecule has 0 unspecified atom stereocenters.